The molecule has 4 rings (SSSR count). The smallest absolute Gasteiger partial charge is 0.323 e. The fraction of sp³-hybridized carbons (Fsp3) is 0.435. The van der Waals surface area contributed by atoms with E-state index in [0.29, 0.717) is 12.5 Å². The van der Waals surface area contributed by atoms with Crippen LogP contribution in [-0.4, -0.2) is 44.6 Å². The molecule has 0 bridgehead atoms. The molecule has 4 atom stereocenters. The van der Waals surface area contributed by atoms with Crippen LogP contribution in [0.15, 0.2) is 57.9 Å². The number of rotatable bonds is 5. The van der Waals surface area contributed by atoms with Crippen molar-refractivity contribution in [3.63, 3.8) is 0 Å². The highest BCUT2D eigenvalue weighted by atomic mass is 79.9. The van der Waals surface area contributed by atoms with Crippen LogP contribution in [0.4, 0.5) is 0 Å². The van der Waals surface area contributed by atoms with Crippen molar-refractivity contribution >= 4 is 32.0 Å². The van der Waals surface area contributed by atoms with Crippen LogP contribution in [-0.2, 0) is 23.8 Å². The van der Waals surface area contributed by atoms with Gasteiger partial charge in [0.1, 0.15) is 18.8 Å². The molecule has 0 saturated carbocycles. The van der Waals surface area contributed by atoms with Crippen LogP contribution in [0.2, 0.25) is 0 Å². The number of piperidine rings is 1. The van der Waals surface area contributed by atoms with Gasteiger partial charge in [-0.05, 0) is 55.5 Å². The van der Waals surface area contributed by atoms with E-state index in [4.69, 9.17) is 8.92 Å². The van der Waals surface area contributed by atoms with E-state index in [-0.39, 0.29) is 29.6 Å². The summed E-state index contributed by atoms with van der Waals surface area (Å²) in [6.45, 7) is 4.31. The molecule has 2 fully saturated rings. The number of aryl methyl sites for hydroxylation is 1. The second-order valence-electron chi connectivity index (χ2n) is 8.37. The summed E-state index contributed by atoms with van der Waals surface area (Å²) in [6.07, 6.45) is 1.02. The van der Waals surface area contributed by atoms with Gasteiger partial charge in [-0.1, -0.05) is 52.7 Å². The third-order valence-corrected chi connectivity index (χ3v) is 7.92. The van der Waals surface area contributed by atoms with Gasteiger partial charge in [0.15, 0.2) is 0 Å². The number of carbonyl (C=O) groups is 1. The quantitative estimate of drug-likeness (QED) is 0.445. The van der Waals surface area contributed by atoms with E-state index < -0.39 is 16.2 Å². The summed E-state index contributed by atoms with van der Waals surface area (Å²) in [4.78, 5) is 15.0. The summed E-state index contributed by atoms with van der Waals surface area (Å²) in [7, 11) is -3.92. The van der Waals surface area contributed by atoms with Crippen molar-refractivity contribution < 1.29 is 22.1 Å². The van der Waals surface area contributed by atoms with E-state index in [9.17, 15) is 13.2 Å². The molecule has 2 aromatic carbocycles. The van der Waals surface area contributed by atoms with Gasteiger partial charge in [-0.2, -0.15) is 8.42 Å². The summed E-state index contributed by atoms with van der Waals surface area (Å²) >= 11 is 3.47. The number of hydrogen-bond donors (Lipinski definition) is 0. The number of esters is 1. The average molecular weight is 508 g/mol. The van der Waals surface area contributed by atoms with Gasteiger partial charge in [-0.3, -0.25) is 13.9 Å². The van der Waals surface area contributed by atoms with Crippen molar-refractivity contribution in [2.75, 3.05) is 13.2 Å². The molecule has 0 amide bonds. The lowest BCUT2D eigenvalue weighted by Crippen LogP contribution is -2.58. The third-order valence-electron chi connectivity index (χ3n) is 6.09. The summed E-state index contributed by atoms with van der Waals surface area (Å²) in [6, 6.07) is 14.4. The monoisotopic (exact) mass is 507 g/mol. The van der Waals surface area contributed by atoms with E-state index in [1.807, 2.05) is 19.1 Å². The molecule has 0 aliphatic carbocycles. The third kappa shape index (κ3) is 4.87. The van der Waals surface area contributed by atoms with Gasteiger partial charge in [0.25, 0.3) is 10.1 Å². The molecule has 0 radical (unpaired) electrons. The maximum Gasteiger partial charge on any atom is 0.323 e. The highest BCUT2D eigenvalue weighted by Crippen LogP contribution is 2.41. The van der Waals surface area contributed by atoms with Gasteiger partial charge in [-0.15, -0.1) is 0 Å². The number of halogens is 1. The molecule has 2 aromatic rings. The normalized spacial score (nSPS) is 26.9. The average Bonchev–Trinajstić information content (AvgIpc) is 2.73. The Bertz CT molecular complexity index is 1040. The fourth-order valence-corrected chi connectivity index (χ4v) is 5.68. The zero-order chi connectivity index (χ0) is 22.2. The van der Waals surface area contributed by atoms with Crippen molar-refractivity contribution in [1.82, 2.24) is 4.90 Å². The number of ether oxygens (including phenoxy) is 1. The second-order valence-corrected chi connectivity index (χ2v) is 10.9. The SMILES string of the molecule is Cc1ccc(S(=O)(=O)OC[C@H]2CN3[C@@H](CC[C@@H](C)[C@@H]3c3ccc(Br)cc3)C(=O)O2)cc1. The maximum atomic E-state index is 12.7. The van der Waals surface area contributed by atoms with Crippen LogP contribution in [0.5, 0.6) is 0 Å². The Labute approximate surface area is 191 Å². The number of fused-ring (bicyclic) bond motifs is 1. The van der Waals surface area contributed by atoms with Crippen molar-refractivity contribution in [2.45, 2.75) is 49.8 Å². The molecule has 2 aliphatic rings. The van der Waals surface area contributed by atoms with Gasteiger partial charge in [-0.25, -0.2) is 0 Å². The Balaban J connectivity index is 1.50. The van der Waals surface area contributed by atoms with Gasteiger partial charge in [0, 0.05) is 17.1 Å². The first-order valence-electron chi connectivity index (χ1n) is 10.4. The predicted molar refractivity (Wildman–Crippen MR) is 120 cm³/mol. The minimum absolute atomic E-state index is 0.0657. The number of cyclic esters (lactones) is 1. The van der Waals surface area contributed by atoms with Crippen LogP contribution in [0.3, 0.4) is 0 Å². The molecule has 31 heavy (non-hydrogen) atoms. The summed E-state index contributed by atoms with van der Waals surface area (Å²) < 4.78 is 36.9. The van der Waals surface area contributed by atoms with Crippen molar-refractivity contribution in [1.29, 1.82) is 0 Å². The molecule has 0 unspecified atom stereocenters. The topological polar surface area (TPSA) is 72.9 Å². The number of nitrogens with zero attached hydrogens (tertiary/aromatic N) is 1. The predicted octanol–water partition coefficient (Wildman–Crippen LogP) is 4.23. The van der Waals surface area contributed by atoms with E-state index >= 15 is 0 Å². The summed E-state index contributed by atoms with van der Waals surface area (Å²) in [5, 5.41) is 0. The largest absolute Gasteiger partial charge is 0.457 e. The Kier molecular flexibility index (Phi) is 6.53. The molecule has 2 heterocycles. The van der Waals surface area contributed by atoms with Crippen LogP contribution in [0, 0.1) is 12.8 Å². The number of carbonyl (C=O) groups excluding carboxylic acids is 1. The van der Waals surface area contributed by atoms with Gasteiger partial charge >= 0.3 is 5.97 Å². The molecule has 166 valence electrons. The Morgan fingerprint density at radius 2 is 1.77 bits per heavy atom. The maximum absolute atomic E-state index is 12.7. The molecular weight excluding hydrogens is 482 g/mol. The summed E-state index contributed by atoms with van der Waals surface area (Å²) in [5.41, 5.74) is 2.10. The lowest BCUT2D eigenvalue weighted by atomic mass is 9.82. The fourth-order valence-electron chi connectivity index (χ4n) is 4.48. The lowest BCUT2D eigenvalue weighted by molar-refractivity contribution is -0.176. The van der Waals surface area contributed by atoms with Crippen LogP contribution in [0.25, 0.3) is 0 Å². The van der Waals surface area contributed by atoms with Crippen molar-refractivity contribution in [3.8, 4) is 0 Å². The minimum atomic E-state index is -3.92. The molecule has 2 aliphatic heterocycles. The first-order valence-corrected chi connectivity index (χ1v) is 12.6. The first kappa shape index (κ1) is 22.5. The van der Waals surface area contributed by atoms with Crippen molar-refractivity contribution in [2.24, 2.45) is 5.92 Å². The molecule has 0 aromatic heterocycles. The van der Waals surface area contributed by atoms with Crippen LogP contribution >= 0.6 is 15.9 Å². The number of benzene rings is 2. The highest BCUT2D eigenvalue weighted by molar-refractivity contribution is 9.10. The van der Waals surface area contributed by atoms with Gasteiger partial charge < -0.3 is 4.74 Å². The van der Waals surface area contributed by atoms with Crippen LogP contribution < -0.4 is 0 Å². The highest BCUT2D eigenvalue weighted by Gasteiger charge is 2.45. The molecule has 8 heteroatoms. The Hall–Kier alpha value is -1.74. The van der Waals surface area contributed by atoms with Crippen LogP contribution in [0.1, 0.15) is 36.9 Å². The second kappa shape index (κ2) is 9.02. The lowest BCUT2D eigenvalue weighted by Gasteiger charge is -2.48. The van der Waals surface area contributed by atoms with Gasteiger partial charge in [0.2, 0.25) is 0 Å². The molecule has 2 saturated heterocycles. The molecule has 6 nitrogen and oxygen atoms in total. The van der Waals surface area contributed by atoms with E-state index in [2.05, 4.69) is 39.9 Å². The number of hydrogen-bond acceptors (Lipinski definition) is 6. The van der Waals surface area contributed by atoms with E-state index in [1.54, 1.807) is 12.1 Å². The molecule has 0 spiro atoms. The van der Waals surface area contributed by atoms with Gasteiger partial charge in [0.05, 0.1) is 4.90 Å². The Morgan fingerprint density at radius 1 is 1.10 bits per heavy atom. The molecule has 0 N–H and O–H groups in total. The minimum Gasteiger partial charge on any atom is -0.457 e. The summed E-state index contributed by atoms with van der Waals surface area (Å²) in [5.74, 6) is 0.0581. The number of morpholine rings is 1. The first-order chi connectivity index (χ1) is 14.7. The zero-order valence-corrected chi connectivity index (χ0v) is 19.9. The standard InChI is InChI=1S/C23H26BrNO5S/c1-15-3-10-20(11-4-15)31(27,28)29-14-19-13-25-21(23(26)30-19)12-5-16(2)22(25)17-6-8-18(24)9-7-17/h3-4,6-11,16,19,21-22H,5,12-14H2,1-2H3/t16-,19-,21+,22-/m1/s1. The van der Waals surface area contributed by atoms with Crippen molar-refractivity contribution in [3.05, 3.63) is 64.1 Å². The zero-order valence-electron chi connectivity index (χ0n) is 17.5. The van der Waals surface area contributed by atoms with E-state index in [0.717, 1.165) is 28.4 Å². The van der Waals surface area contributed by atoms with E-state index in [1.165, 1.54) is 12.1 Å². The Morgan fingerprint density at radius 3 is 2.45 bits per heavy atom. The molecular formula is C23H26BrNO5S.